The highest BCUT2D eigenvalue weighted by Gasteiger charge is 2.61. The molecule has 2 atom stereocenters. The molecule has 7 heteroatoms. The second-order valence-electron chi connectivity index (χ2n) is 6.93. The van der Waals surface area contributed by atoms with Crippen molar-refractivity contribution in [3.8, 4) is 0 Å². The maximum Gasteiger partial charge on any atom is 0.274 e. The number of carbonyl (C=O) groups is 1. The molecule has 1 aliphatic carbocycles. The van der Waals surface area contributed by atoms with Gasteiger partial charge in [0.05, 0.1) is 24.2 Å². The lowest BCUT2D eigenvalue weighted by atomic mass is 9.54. The summed E-state index contributed by atoms with van der Waals surface area (Å²) in [4.78, 5) is 24.7. The Labute approximate surface area is 139 Å². The van der Waals surface area contributed by atoms with Gasteiger partial charge in [-0.25, -0.2) is 4.68 Å². The van der Waals surface area contributed by atoms with Crippen LogP contribution in [0.15, 0.2) is 35.3 Å². The number of aliphatic hydroxyl groups is 1. The number of aromatic nitrogens is 2. The van der Waals surface area contributed by atoms with E-state index in [-0.39, 0.29) is 31.0 Å². The molecule has 1 aliphatic rings. The van der Waals surface area contributed by atoms with E-state index in [1.807, 2.05) is 12.1 Å². The van der Waals surface area contributed by atoms with Gasteiger partial charge in [0.25, 0.3) is 5.56 Å². The molecule has 4 N–H and O–H groups in total. The van der Waals surface area contributed by atoms with Gasteiger partial charge in [-0.1, -0.05) is 32.0 Å². The van der Waals surface area contributed by atoms with E-state index in [9.17, 15) is 14.7 Å². The van der Waals surface area contributed by atoms with Gasteiger partial charge in [-0.15, -0.1) is 0 Å². The smallest absolute Gasteiger partial charge is 0.274 e. The Morgan fingerprint density at radius 1 is 1.46 bits per heavy atom. The van der Waals surface area contributed by atoms with Gasteiger partial charge in [-0.3, -0.25) is 9.59 Å². The molecule has 0 unspecified atom stereocenters. The number of fused-ring (bicyclic) bond motifs is 1. The zero-order valence-electron chi connectivity index (χ0n) is 13.8. The monoisotopic (exact) mass is 330 g/mol. The van der Waals surface area contributed by atoms with E-state index in [0.29, 0.717) is 5.39 Å². The second kappa shape index (κ2) is 5.68. The van der Waals surface area contributed by atoms with E-state index in [1.165, 1.54) is 4.68 Å². The number of hydrogen-bond acceptors (Lipinski definition) is 5. The van der Waals surface area contributed by atoms with Gasteiger partial charge >= 0.3 is 0 Å². The quantitative estimate of drug-likeness (QED) is 0.731. The highest BCUT2D eigenvalue weighted by molar-refractivity contribution is 5.88. The molecule has 1 saturated carbocycles. The van der Waals surface area contributed by atoms with E-state index in [4.69, 9.17) is 5.73 Å². The second-order valence-corrected chi connectivity index (χ2v) is 6.93. The van der Waals surface area contributed by atoms with Crippen LogP contribution >= 0.6 is 0 Å². The number of amides is 1. The fourth-order valence-corrected chi connectivity index (χ4v) is 3.09. The van der Waals surface area contributed by atoms with Crippen molar-refractivity contribution in [1.82, 2.24) is 15.1 Å². The lowest BCUT2D eigenvalue weighted by Crippen LogP contribution is -2.75. The highest BCUT2D eigenvalue weighted by Crippen LogP contribution is 2.47. The number of carbonyl (C=O) groups excluding carboxylic acids is 1. The van der Waals surface area contributed by atoms with Crippen LogP contribution in [0.1, 0.15) is 20.3 Å². The van der Waals surface area contributed by atoms with Crippen molar-refractivity contribution in [2.75, 3.05) is 6.54 Å². The zero-order valence-corrected chi connectivity index (χ0v) is 13.8. The third-order valence-corrected chi connectivity index (χ3v) is 5.27. The number of aliphatic hydroxyl groups excluding tert-OH is 1. The van der Waals surface area contributed by atoms with Gasteiger partial charge < -0.3 is 16.2 Å². The number of nitrogens with two attached hydrogens (primary N) is 1. The highest BCUT2D eigenvalue weighted by atomic mass is 16.3. The largest absolute Gasteiger partial charge is 0.392 e. The number of nitrogens with zero attached hydrogens (tertiary/aromatic N) is 2. The Hall–Kier alpha value is -2.25. The molecule has 0 radical (unpaired) electrons. The van der Waals surface area contributed by atoms with E-state index < -0.39 is 17.1 Å². The van der Waals surface area contributed by atoms with Crippen LogP contribution < -0.4 is 16.6 Å². The van der Waals surface area contributed by atoms with E-state index in [1.54, 1.807) is 32.2 Å². The summed E-state index contributed by atoms with van der Waals surface area (Å²) in [7, 11) is 0. The van der Waals surface area contributed by atoms with Crippen LogP contribution in [0.25, 0.3) is 10.8 Å². The summed E-state index contributed by atoms with van der Waals surface area (Å²) in [5.74, 6) is -0.313. The Morgan fingerprint density at radius 2 is 2.17 bits per heavy atom. The molecule has 0 aliphatic heterocycles. The van der Waals surface area contributed by atoms with Crippen molar-refractivity contribution in [2.45, 2.75) is 38.5 Å². The molecule has 1 aromatic carbocycles. The Kier molecular flexibility index (Phi) is 3.93. The molecule has 0 spiro atoms. The SMILES string of the molecule is CC1(C)[C@@H](O)C[C@]1(N)C(=O)NCCn1ncc2ccccc2c1=O. The van der Waals surface area contributed by atoms with Crippen molar-refractivity contribution in [1.29, 1.82) is 0 Å². The molecule has 1 fully saturated rings. The van der Waals surface area contributed by atoms with Crippen molar-refractivity contribution in [3.05, 3.63) is 40.8 Å². The van der Waals surface area contributed by atoms with Crippen LogP contribution in [-0.4, -0.2) is 39.0 Å². The molecule has 3 rings (SSSR count). The molecular formula is C17H22N4O3. The van der Waals surface area contributed by atoms with Crippen molar-refractivity contribution in [3.63, 3.8) is 0 Å². The number of rotatable bonds is 4. The summed E-state index contributed by atoms with van der Waals surface area (Å²) in [5.41, 5.74) is 4.19. The first-order valence-electron chi connectivity index (χ1n) is 7.97. The minimum atomic E-state index is -1.09. The summed E-state index contributed by atoms with van der Waals surface area (Å²) < 4.78 is 1.33. The fourth-order valence-electron chi connectivity index (χ4n) is 3.09. The third-order valence-electron chi connectivity index (χ3n) is 5.27. The number of nitrogens with one attached hydrogen (secondary N) is 1. The summed E-state index contributed by atoms with van der Waals surface area (Å²) in [6.07, 6.45) is 1.28. The molecule has 0 bridgehead atoms. The van der Waals surface area contributed by atoms with Gasteiger partial charge in [0.1, 0.15) is 5.54 Å². The zero-order chi connectivity index (χ0) is 17.5. The summed E-state index contributed by atoms with van der Waals surface area (Å²) in [6.45, 7) is 4.05. The predicted molar refractivity (Wildman–Crippen MR) is 90.3 cm³/mol. The first-order valence-corrected chi connectivity index (χ1v) is 7.97. The minimum Gasteiger partial charge on any atom is -0.392 e. The average Bonchev–Trinajstić information content (AvgIpc) is 2.57. The first-order chi connectivity index (χ1) is 11.3. The molecule has 1 amide bonds. The van der Waals surface area contributed by atoms with Gasteiger partial charge in [0, 0.05) is 23.8 Å². The van der Waals surface area contributed by atoms with E-state index in [2.05, 4.69) is 10.4 Å². The molecule has 1 aromatic heterocycles. The van der Waals surface area contributed by atoms with E-state index in [0.717, 1.165) is 5.39 Å². The summed E-state index contributed by atoms with van der Waals surface area (Å²) in [6, 6.07) is 7.24. The van der Waals surface area contributed by atoms with Crippen LogP contribution in [0.2, 0.25) is 0 Å². The molecule has 2 aromatic rings. The molecule has 1 heterocycles. The predicted octanol–water partition coefficient (Wildman–Crippen LogP) is 0.00100. The van der Waals surface area contributed by atoms with Gasteiger partial charge in [-0.05, 0) is 6.07 Å². The molecule has 0 saturated heterocycles. The molecule has 128 valence electrons. The average molecular weight is 330 g/mol. The van der Waals surface area contributed by atoms with Crippen LogP contribution in [0.4, 0.5) is 0 Å². The van der Waals surface area contributed by atoms with Crippen LogP contribution in [-0.2, 0) is 11.3 Å². The Balaban J connectivity index is 1.66. The topological polar surface area (TPSA) is 110 Å². The summed E-state index contributed by atoms with van der Waals surface area (Å²) in [5, 5.41) is 18.0. The van der Waals surface area contributed by atoms with Crippen LogP contribution in [0, 0.1) is 5.41 Å². The molecular weight excluding hydrogens is 308 g/mol. The normalized spacial score (nSPS) is 25.2. The van der Waals surface area contributed by atoms with Gasteiger partial charge in [0.2, 0.25) is 5.91 Å². The fraction of sp³-hybridized carbons (Fsp3) is 0.471. The van der Waals surface area contributed by atoms with Crippen molar-refractivity contribution in [2.24, 2.45) is 11.1 Å². The minimum absolute atomic E-state index is 0.191. The lowest BCUT2D eigenvalue weighted by molar-refractivity contribution is -0.158. The maximum absolute atomic E-state index is 12.3. The Morgan fingerprint density at radius 3 is 2.83 bits per heavy atom. The molecule has 24 heavy (non-hydrogen) atoms. The lowest BCUT2D eigenvalue weighted by Gasteiger charge is -2.55. The third kappa shape index (κ3) is 2.40. The molecule has 7 nitrogen and oxygen atoms in total. The van der Waals surface area contributed by atoms with Crippen molar-refractivity contribution < 1.29 is 9.90 Å². The maximum atomic E-state index is 12.3. The number of hydrogen-bond donors (Lipinski definition) is 3. The first kappa shape index (κ1) is 16.6. The van der Waals surface area contributed by atoms with Crippen molar-refractivity contribution >= 4 is 16.7 Å². The Bertz CT molecular complexity index is 845. The van der Waals surface area contributed by atoms with E-state index >= 15 is 0 Å². The summed E-state index contributed by atoms with van der Waals surface area (Å²) >= 11 is 0. The van der Waals surface area contributed by atoms with Crippen LogP contribution in [0.3, 0.4) is 0 Å². The number of benzene rings is 1. The van der Waals surface area contributed by atoms with Crippen LogP contribution in [0.5, 0.6) is 0 Å². The van der Waals surface area contributed by atoms with Gasteiger partial charge in [-0.2, -0.15) is 5.10 Å². The standard InChI is InChI=1S/C17H22N4O3/c1-16(2)13(22)9-17(16,18)15(24)19-7-8-21-14(23)12-6-4-3-5-11(12)10-20-21/h3-6,10,13,22H,7-9,18H2,1-2H3,(H,19,24)/t13-,17-/m0/s1. The van der Waals surface area contributed by atoms with Gasteiger partial charge in [0.15, 0.2) is 0 Å².